The Kier molecular flexibility index (Phi) is 18.0. The van der Waals surface area contributed by atoms with E-state index in [0.717, 1.165) is 12.8 Å². The van der Waals surface area contributed by atoms with Crippen LogP contribution in [0.3, 0.4) is 0 Å². The normalized spacial score (nSPS) is 10.9. The van der Waals surface area contributed by atoms with Gasteiger partial charge in [-0.25, -0.2) is 4.79 Å². The highest BCUT2D eigenvalue weighted by Gasteiger charge is 2.07. The van der Waals surface area contributed by atoms with E-state index in [9.17, 15) is 4.79 Å². The van der Waals surface area contributed by atoms with Gasteiger partial charge in [0.2, 0.25) is 0 Å². The summed E-state index contributed by atoms with van der Waals surface area (Å²) in [6.45, 7) is 2.99. The zero-order chi connectivity index (χ0) is 22.4. The Balaban J connectivity index is 1.85. The first kappa shape index (κ1) is 27.5. The van der Waals surface area contributed by atoms with Crippen molar-refractivity contribution in [3.8, 4) is 5.75 Å². The summed E-state index contributed by atoms with van der Waals surface area (Å²) in [5.41, 5.74) is 0.535. The largest absolute Gasteiger partial charge is 0.491 e. The highest BCUT2D eigenvalue weighted by Crippen LogP contribution is 2.15. The van der Waals surface area contributed by atoms with E-state index in [1.807, 2.05) is 0 Å². The molecule has 0 heterocycles. The number of ether oxygens (including phenoxy) is 2. The number of hydrogen-bond donors (Lipinski definition) is 1. The lowest BCUT2D eigenvalue weighted by Gasteiger charge is -2.07. The monoisotopic (exact) mass is 434 g/mol. The fourth-order valence-electron chi connectivity index (χ4n) is 3.75. The van der Waals surface area contributed by atoms with Crippen LogP contribution in [0, 0.1) is 0 Å². The average Bonchev–Trinajstić information content (AvgIpc) is 2.80. The average molecular weight is 435 g/mol. The van der Waals surface area contributed by atoms with Crippen molar-refractivity contribution in [1.82, 2.24) is 0 Å². The lowest BCUT2D eigenvalue weighted by Crippen LogP contribution is -2.07. The number of carbonyl (C=O) groups is 1. The van der Waals surface area contributed by atoms with Crippen LogP contribution in [-0.2, 0) is 4.74 Å². The van der Waals surface area contributed by atoms with Crippen molar-refractivity contribution in [2.45, 2.75) is 110 Å². The molecule has 0 unspecified atom stereocenters. The van der Waals surface area contributed by atoms with Gasteiger partial charge >= 0.3 is 5.97 Å². The van der Waals surface area contributed by atoms with Crippen molar-refractivity contribution < 1.29 is 19.4 Å². The molecule has 0 aliphatic rings. The van der Waals surface area contributed by atoms with Crippen molar-refractivity contribution >= 4 is 5.97 Å². The third-order valence-electron chi connectivity index (χ3n) is 5.68. The summed E-state index contributed by atoms with van der Waals surface area (Å²) in [5, 5.41) is 8.75. The number of rotatable bonds is 21. The van der Waals surface area contributed by atoms with Gasteiger partial charge in [0.05, 0.1) is 18.8 Å². The van der Waals surface area contributed by atoms with Gasteiger partial charge in [-0.2, -0.15) is 0 Å². The molecular weight excluding hydrogens is 388 g/mol. The Morgan fingerprint density at radius 3 is 1.58 bits per heavy atom. The lowest BCUT2D eigenvalue weighted by molar-refractivity contribution is 0.0497. The summed E-state index contributed by atoms with van der Waals surface area (Å²) < 4.78 is 10.6. The van der Waals surface area contributed by atoms with Gasteiger partial charge < -0.3 is 14.6 Å². The van der Waals surface area contributed by atoms with Crippen LogP contribution in [0.1, 0.15) is 120 Å². The van der Waals surface area contributed by atoms with Gasteiger partial charge in [0.25, 0.3) is 0 Å². The van der Waals surface area contributed by atoms with Crippen molar-refractivity contribution in [3.05, 3.63) is 29.8 Å². The van der Waals surface area contributed by atoms with Crippen LogP contribution in [0.4, 0.5) is 0 Å². The van der Waals surface area contributed by atoms with E-state index in [1.54, 1.807) is 24.3 Å². The zero-order valence-corrected chi connectivity index (χ0v) is 19.9. The second-order valence-electron chi connectivity index (χ2n) is 8.54. The standard InChI is InChI=1S/C27H46O4/c1-2-3-4-5-6-7-8-9-10-11-12-13-14-15-16-17-23-31-27(29)25-18-20-26(21-19-25)30-24-22-28/h18-21,28H,2-17,22-24H2,1H3. The van der Waals surface area contributed by atoms with Gasteiger partial charge in [0, 0.05) is 0 Å². The summed E-state index contributed by atoms with van der Waals surface area (Å²) in [6, 6.07) is 6.84. The smallest absolute Gasteiger partial charge is 0.338 e. The maximum Gasteiger partial charge on any atom is 0.338 e. The van der Waals surface area contributed by atoms with E-state index < -0.39 is 0 Å². The first-order valence-electron chi connectivity index (χ1n) is 12.8. The Hall–Kier alpha value is -1.55. The molecule has 0 radical (unpaired) electrons. The van der Waals surface area contributed by atoms with Crippen molar-refractivity contribution in [2.24, 2.45) is 0 Å². The number of esters is 1. The molecule has 0 fully saturated rings. The number of carbonyl (C=O) groups excluding carboxylic acids is 1. The Labute approximate surface area is 190 Å². The predicted octanol–water partition coefficient (Wildman–Crippen LogP) is 7.48. The minimum absolute atomic E-state index is 0.0247. The van der Waals surface area contributed by atoms with Crippen LogP contribution >= 0.6 is 0 Å². The number of unbranched alkanes of at least 4 members (excludes halogenated alkanes) is 15. The van der Waals surface area contributed by atoms with Gasteiger partial charge in [-0.05, 0) is 30.7 Å². The highest BCUT2D eigenvalue weighted by atomic mass is 16.5. The molecule has 1 rings (SSSR count). The summed E-state index contributed by atoms with van der Waals surface area (Å²) in [6.07, 6.45) is 21.4. The number of hydrogen-bond acceptors (Lipinski definition) is 4. The van der Waals surface area contributed by atoms with Gasteiger partial charge in [-0.1, -0.05) is 103 Å². The van der Waals surface area contributed by atoms with Crippen molar-refractivity contribution in [1.29, 1.82) is 0 Å². The molecule has 0 saturated heterocycles. The molecule has 4 nitrogen and oxygen atoms in total. The van der Waals surface area contributed by atoms with Crippen molar-refractivity contribution in [3.63, 3.8) is 0 Å². The Morgan fingerprint density at radius 2 is 1.13 bits per heavy atom. The number of aliphatic hydroxyl groups is 1. The highest BCUT2D eigenvalue weighted by molar-refractivity contribution is 5.89. The van der Waals surface area contributed by atoms with Gasteiger partial charge in [-0.3, -0.25) is 0 Å². The molecule has 1 aromatic rings. The molecule has 0 aliphatic heterocycles. The molecule has 0 saturated carbocycles. The molecule has 0 bridgehead atoms. The molecule has 0 aliphatic carbocycles. The second kappa shape index (κ2) is 20.4. The Morgan fingerprint density at radius 1 is 0.677 bits per heavy atom. The zero-order valence-electron chi connectivity index (χ0n) is 19.9. The van der Waals surface area contributed by atoms with Crippen molar-refractivity contribution in [2.75, 3.05) is 19.8 Å². The maximum atomic E-state index is 12.0. The van der Waals surface area contributed by atoms with Gasteiger partial charge in [0.15, 0.2) is 0 Å². The summed E-state index contributed by atoms with van der Waals surface area (Å²) in [7, 11) is 0. The summed E-state index contributed by atoms with van der Waals surface area (Å²) >= 11 is 0. The molecule has 0 amide bonds. The molecule has 4 heteroatoms. The fraction of sp³-hybridized carbons (Fsp3) is 0.741. The van der Waals surface area contributed by atoms with Gasteiger partial charge in [0.1, 0.15) is 12.4 Å². The quantitative estimate of drug-likeness (QED) is 0.161. The third-order valence-corrected chi connectivity index (χ3v) is 5.68. The van der Waals surface area contributed by atoms with Crippen LogP contribution in [0.5, 0.6) is 5.75 Å². The van der Waals surface area contributed by atoms with Crippen LogP contribution in [0.25, 0.3) is 0 Å². The van der Waals surface area contributed by atoms with E-state index >= 15 is 0 Å². The van der Waals surface area contributed by atoms with E-state index in [2.05, 4.69) is 6.92 Å². The molecule has 1 N–H and O–H groups in total. The molecule has 1 aromatic carbocycles. The minimum Gasteiger partial charge on any atom is -0.491 e. The number of aliphatic hydroxyl groups excluding tert-OH is 1. The fourth-order valence-corrected chi connectivity index (χ4v) is 3.75. The second-order valence-corrected chi connectivity index (χ2v) is 8.54. The van der Waals surface area contributed by atoms with Crippen LogP contribution in [0.15, 0.2) is 24.3 Å². The molecule has 0 spiro atoms. The van der Waals surface area contributed by atoms with Gasteiger partial charge in [-0.15, -0.1) is 0 Å². The predicted molar refractivity (Wildman–Crippen MR) is 129 cm³/mol. The molecule has 178 valence electrons. The molecule has 0 aromatic heterocycles. The first-order valence-corrected chi connectivity index (χ1v) is 12.8. The molecular formula is C27H46O4. The lowest BCUT2D eigenvalue weighted by atomic mass is 10.0. The Bertz CT molecular complexity index is 527. The molecule has 31 heavy (non-hydrogen) atoms. The summed E-state index contributed by atoms with van der Waals surface area (Å²) in [4.78, 5) is 12.0. The topological polar surface area (TPSA) is 55.8 Å². The minimum atomic E-state index is -0.283. The third kappa shape index (κ3) is 15.8. The first-order chi connectivity index (χ1) is 15.3. The van der Waals surface area contributed by atoms with Crippen LogP contribution < -0.4 is 4.74 Å². The maximum absolute atomic E-state index is 12.0. The van der Waals surface area contributed by atoms with E-state index in [-0.39, 0.29) is 19.2 Å². The van der Waals surface area contributed by atoms with E-state index in [4.69, 9.17) is 14.6 Å². The van der Waals surface area contributed by atoms with E-state index in [1.165, 1.54) is 89.9 Å². The van der Waals surface area contributed by atoms with Crippen LogP contribution in [-0.4, -0.2) is 30.9 Å². The summed E-state index contributed by atoms with van der Waals surface area (Å²) in [5.74, 6) is 0.359. The van der Waals surface area contributed by atoms with E-state index in [0.29, 0.717) is 17.9 Å². The van der Waals surface area contributed by atoms with Crippen LogP contribution in [0.2, 0.25) is 0 Å². The molecule has 0 atom stereocenters. The SMILES string of the molecule is CCCCCCCCCCCCCCCCCCOC(=O)c1ccc(OCCO)cc1. The number of benzene rings is 1.